The average molecular weight is 529 g/mol. The summed E-state index contributed by atoms with van der Waals surface area (Å²) in [6.07, 6.45) is 0. The summed E-state index contributed by atoms with van der Waals surface area (Å²) in [4.78, 5) is 4.69. The number of guanidine groups is 1. The van der Waals surface area contributed by atoms with Gasteiger partial charge in [-0.25, -0.2) is 4.99 Å². The van der Waals surface area contributed by atoms with Crippen LogP contribution in [0, 0.1) is 6.92 Å². The molecule has 2 rings (SSSR count). The zero-order chi connectivity index (χ0) is 21.2. The monoisotopic (exact) mass is 529 g/mol. The van der Waals surface area contributed by atoms with Gasteiger partial charge < -0.3 is 29.6 Å². The Morgan fingerprint density at radius 2 is 1.50 bits per heavy atom. The zero-order valence-corrected chi connectivity index (χ0v) is 20.8. The Labute approximate surface area is 196 Å². The second-order valence-electron chi connectivity index (χ2n) is 6.37. The van der Waals surface area contributed by atoms with Crippen molar-refractivity contribution in [3.05, 3.63) is 47.0 Å². The number of nitrogens with one attached hydrogen (secondary N) is 2. The number of aliphatic imine (C=N–C) groups is 1. The number of hydrogen-bond acceptors (Lipinski definition) is 5. The molecule has 0 spiro atoms. The van der Waals surface area contributed by atoms with Crippen LogP contribution in [0.2, 0.25) is 0 Å². The summed E-state index contributed by atoms with van der Waals surface area (Å²) < 4.78 is 21.8. The second kappa shape index (κ2) is 13.0. The van der Waals surface area contributed by atoms with Gasteiger partial charge in [0, 0.05) is 24.2 Å². The maximum Gasteiger partial charge on any atom is 0.191 e. The molecule has 0 saturated carbocycles. The first kappa shape index (κ1) is 25.7. The third-order valence-electron chi connectivity index (χ3n) is 4.44. The number of ether oxygens (including phenoxy) is 4. The molecule has 0 bridgehead atoms. The van der Waals surface area contributed by atoms with Crippen LogP contribution in [0.15, 0.2) is 35.3 Å². The zero-order valence-electron chi connectivity index (χ0n) is 18.5. The van der Waals surface area contributed by atoms with Gasteiger partial charge in [0.1, 0.15) is 23.0 Å². The normalized spacial score (nSPS) is 10.7. The number of hydrogen-bond donors (Lipinski definition) is 2. The van der Waals surface area contributed by atoms with Crippen molar-refractivity contribution in [3.8, 4) is 23.0 Å². The first-order valence-electron chi connectivity index (χ1n) is 9.50. The molecule has 0 fully saturated rings. The van der Waals surface area contributed by atoms with Crippen molar-refractivity contribution in [2.24, 2.45) is 4.99 Å². The van der Waals surface area contributed by atoms with Gasteiger partial charge >= 0.3 is 0 Å². The quantitative estimate of drug-likeness (QED) is 0.292. The topological polar surface area (TPSA) is 73.3 Å². The summed E-state index contributed by atoms with van der Waals surface area (Å²) in [6, 6.07) is 9.78. The lowest BCUT2D eigenvalue weighted by Gasteiger charge is -2.17. The minimum atomic E-state index is 0. The van der Waals surface area contributed by atoms with Crippen molar-refractivity contribution in [2.45, 2.75) is 26.9 Å². The molecular formula is C22H32IN3O4. The smallest absolute Gasteiger partial charge is 0.191 e. The highest BCUT2D eigenvalue weighted by molar-refractivity contribution is 14.0. The van der Waals surface area contributed by atoms with Crippen LogP contribution < -0.4 is 29.6 Å². The van der Waals surface area contributed by atoms with Gasteiger partial charge in [-0.2, -0.15) is 0 Å². The molecule has 0 aliphatic rings. The third kappa shape index (κ3) is 6.86. The van der Waals surface area contributed by atoms with Gasteiger partial charge in [-0.3, -0.25) is 0 Å². The third-order valence-corrected chi connectivity index (χ3v) is 4.44. The molecule has 0 amide bonds. The second-order valence-corrected chi connectivity index (χ2v) is 6.37. The Morgan fingerprint density at radius 1 is 0.867 bits per heavy atom. The van der Waals surface area contributed by atoms with E-state index in [-0.39, 0.29) is 24.0 Å². The predicted molar refractivity (Wildman–Crippen MR) is 131 cm³/mol. The maximum absolute atomic E-state index is 5.52. The summed E-state index contributed by atoms with van der Waals surface area (Å²) in [6.45, 7) is 5.78. The van der Waals surface area contributed by atoms with Crippen molar-refractivity contribution in [1.82, 2.24) is 10.6 Å². The van der Waals surface area contributed by atoms with Gasteiger partial charge in [-0.05, 0) is 25.5 Å². The fourth-order valence-corrected chi connectivity index (χ4v) is 2.91. The van der Waals surface area contributed by atoms with Crippen molar-refractivity contribution in [3.63, 3.8) is 0 Å². The highest BCUT2D eigenvalue weighted by Crippen LogP contribution is 2.33. The SMILES string of the molecule is CCNC(=NCc1ccc(C)cc1OC)NCc1c(OC)cc(OC)cc1OC.I. The molecule has 0 aliphatic carbocycles. The lowest BCUT2D eigenvalue weighted by atomic mass is 10.1. The van der Waals surface area contributed by atoms with E-state index in [1.807, 2.05) is 38.1 Å². The van der Waals surface area contributed by atoms with Crippen LogP contribution in [0.5, 0.6) is 23.0 Å². The van der Waals surface area contributed by atoms with Crippen molar-refractivity contribution in [2.75, 3.05) is 35.0 Å². The minimum Gasteiger partial charge on any atom is -0.496 e. The highest BCUT2D eigenvalue weighted by Gasteiger charge is 2.14. The molecule has 8 heteroatoms. The number of methoxy groups -OCH3 is 4. The summed E-state index contributed by atoms with van der Waals surface area (Å²) in [5.74, 6) is 3.57. The Morgan fingerprint density at radius 3 is 2.03 bits per heavy atom. The molecular weight excluding hydrogens is 497 g/mol. The molecule has 0 atom stereocenters. The number of halogens is 1. The fraction of sp³-hybridized carbons (Fsp3) is 0.409. The van der Waals surface area contributed by atoms with Gasteiger partial charge in [-0.1, -0.05) is 12.1 Å². The number of rotatable bonds is 9. The number of aryl methyl sites for hydroxylation is 1. The van der Waals surface area contributed by atoms with Crippen molar-refractivity contribution >= 4 is 29.9 Å². The van der Waals surface area contributed by atoms with Gasteiger partial charge in [0.25, 0.3) is 0 Å². The Hall–Kier alpha value is -2.36. The van der Waals surface area contributed by atoms with E-state index in [0.717, 1.165) is 29.0 Å². The van der Waals surface area contributed by atoms with E-state index >= 15 is 0 Å². The fourth-order valence-electron chi connectivity index (χ4n) is 2.91. The van der Waals surface area contributed by atoms with Crippen LogP contribution >= 0.6 is 24.0 Å². The molecule has 7 nitrogen and oxygen atoms in total. The molecule has 30 heavy (non-hydrogen) atoms. The number of benzene rings is 2. The standard InChI is InChI=1S/C22H31N3O4.HI/c1-7-23-22(24-13-16-9-8-15(2)10-19(16)27-4)25-14-18-20(28-5)11-17(26-3)12-21(18)29-6;/h8-12H,7,13-14H2,1-6H3,(H2,23,24,25);1H. The van der Waals surface area contributed by atoms with E-state index in [1.165, 1.54) is 0 Å². The maximum atomic E-state index is 5.52. The Kier molecular flexibility index (Phi) is 11.2. The van der Waals surface area contributed by atoms with Crippen LogP contribution in [0.3, 0.4) is 0 Å². The van der Waals surface area contributed by atoms with Crippen molar-refractivity contribution in [1.29, 1.82) is 0 Å². The summed E-state index contributed by atoms with van der Waals surface area (Å²) in [7, 11) is 6.54. The summed E-state index contributed by atoms with van der Waals surface area (Å²) >= 11 is 0. The van der Waals surface area contributed by atoms with Gasteiger partial charge in [0.05, 0.1) is 47.1 Å². The van der Waals surface area contributed by atoms with Crippen LogP contribution in [-0.4, -0.2) is 40.9 Å². The van der Waals surface area contributed by atoms with Gasteiger partial charge in [-0.15, -0.1) is 24.0 Å². The van der Waals surface area contributed by atoms with E-state index in [2.05, 4.69) is 21.7 Å². The molecule has 0 aliphatic heterocycles. The first-order valence-corrected chi connectivity index (χ1v) is 9.50. The molecule has 0 unspecified atom stereocenters. The van der Waals surface area contributed by atoms with Crippen LogP contribution in [-0.2, 0) is 13.1 Å². The van der Waals surface area contributed by atoms with E-state index in [4.69, 9.17) is 18.9 Å². The molecule has 0 saturated heterocycles. The van der Waals surface area contributed by atoms with E-state index in [1.54, 1.807) is 28.4 Å². The molecule has 0 aromatic heterocycles. The summed E-state index contributed by atoms with van der Waals surface area (Å²) in [5, 5.41) is 6.60. The average Bonchev–Trinajstić information content (AvgIpc) is 2.75. The minimum absolute atomic E-state index is 0. The Bertz CT molecular complexity index is 818. The van der Waals surface area contributed by atoms with E-state index in [9.17, 15) is 0 Å². The van der Waals surface area contributed by atoms with Crippen molar-refractivity contribution < 1.29 is 18.9 Å². The van der Waals surface area contributed by atoms with E-state index < -0.39 is 0 Å². The summed E-state index contributed by atoms with van der Waals surface area (Å²) in [5.41, 5.74) is 3.06. The Balaban J connectivity index is 0.00000450. The van der Waals surface area contributed by atoms with Crippen LogP contribution in [0.1, 0.15) is 23.6 Å². The van der Waals surface area contributed by atoms with E-state index in [0.29, 0.717) is 36.3 Å². The van der Waals surface area contributed by atoms with Crippen LogP contribution in [0.4, 0.5) is 0 Å². The predicted octanol–water partition coefficient (Wildman–Crippen LogP) is 3.90. The number of nitrogens with zero attached hydrogens (tertiary/aromatic N) is 1. The largest absolute Gasteiger partial charge is 0.496 e. The molecule has 2 aromatic carbocycles. The van der Waals surface area contributed by atoms with Gasteiger partial charge in [0.2, 0.25) is 0 Å². The lowest BCUT2D eigenvalue weighted by molar-refractivity contribution is 0.368. The van der Waals surface area contributed by atoms with Crippen LogP contribution in [0.25, 0.3) is 0 Å². The molecule has 0 radical (unpaired) electrons. The lowest BCUT2D eigenvalue weighted by Crippen LogP contribution is -2.37. The molecule has 2 aromatic rings. The highest BCUT2D eigenvalue weighted by atomic mass is 127. The molecule has 2 N–H and O–H groups in total. The molecule has 0 heterocycles. The first-order chi connectivity index (χ1) is 14.1. The molecule has 166 valence electrons. The van der Waals surface area contributed by atoms with Gasteiger partial charge in [0.15, 0.2) is 5.96 Å².